The summed E-state index contributed by atoms with van der Waals surface area (Å²) in [7, 11) is 0. The molecule has 21 heavy (non-hydrogen) atoms. The van der Waals surface area contributed by atoms with E-state index in [2.05, 4.69) is 20.9 Å². The minimum Gasteiger partial charge on any atom is -0.507 e. The molecule has 0 saturated carbocycles. The highest BCUT2D eigenvalue weighted by Gasteiger charge is 2.02. The molecule has 3 nitrogen and oxygen atoms in total. The first kappa shape index (κ1) is 13.6. The SMILES string of the molecule is Oc1ccc(Br)cc1C=Cc1ccc2cccc(O)c2n1. The monoisotopic (exact) mass is 341 g/mol. The van der Waals surface area contributed by atoms with Crippen molar-refractivity contribution in [1.82, 2.24) is 4.98 Å². The largest absolute Gasteiger partial charge is 0.507 e. The summed E-state index contributed by atoms with van der Waals surface area (Å²) in [6, 6.07) is 14.3. The lowest BCUT2D eigenvalue weighted by Crippen LogP contribution is -1.84. The van der Waals surface area contributed by atoms with Crippen LogP contribution < -0.4 is 0 Å². The number of benzene rings is 2. The Kier molecular flexibility index (Phi) is 3.62. The molecular weight excluding hydrogens is 330 g/mol. The zero-order valence-electron chi connectivity index (χ0n) is 11.0. The van der Waals surface area contributed by atoms with E-state index in [0.717, 1.165) is 9.86 Å². The van der Waals surface area contributed by atoms with Crippen LogP contribution in [-0.2, 0) is 0 Å². The van der Waals surface area contributed by atoms with Gasteiger partial charge in [-0.15, -0.1) is 0 Å². The normalized spacial score (nSPS) is 11.3. The smallest absolute Gasteiger partial charge is 0.141 e. The van der Waals surface area contributed by atoms with E-state index in [1.165, 1.54) is 0 Å². The van der Waals surface area contributed by atoms with Gasteiger partial charge in [-0.2, -0.15) is 0 Å². The van der Waals surface area contributed by atoms with Gasteiger partial charge in [0.05, 0.1) is 5.69 Å². The molecule has 0 amide bonds. The summed E-state index contributed by atoms with van der Waals surface area (Å²) in [6.45, 7) is 0. The van der Waals surface area contributed by atoms with Crippen LogP contribution in [0, 0.1) is 0 Å². The number of hydrogen-bond donors (Lipinski definition) is 2. The predicted molar refractivity (Wildman–Crippen MR) is 88.1 cm³/mol. The van der Waals surface area contributed by atoms with Gasteiger partial charge in [0.1, 0.15) is 17.0 Å². The lowest BCUT2D eigenvalue weighted by atomic mass is 10.1. The Morgan fingerprint density at radius 1 is 0.905 bits per heavy atom. The van der Waals surface area contributed by atoms with Gasteiger partial charge >= 0.3 is 0 Å². The van der Waals surface area contributed by atoms with Crippen molar-refractivity contribution in [2.75, 3.05) is 0 Å². The van der Waals surface area contributed by atoms with E-state index < -0.39 is 0 Å². The first-order chi connectivity index (χ1) is 10.1. The zero-order chi connectivity index (χ0) is 14.8. The molecule has 0 bridgehead atoms. The van der Waals surface area contributed by atoms with Crippen molar-refractivity contribution in [2.45, 2.75) is 0 Å². The number of pyridine rings is 1. The van der Waals surface area contributed by atoms with Crippen molar-refractivity contribution in [1.29, 1.82) is 0 Å². The van der Waals surface area contributed by atoms with Crippen LogP contribution in [-0.4, -0.2) is 15.2 Å². The highest BCUT2D eigenvalue weighted by atomic mass is 79.9. The number of fused-ring (bicyclic) bond motifs is 1. The maximum absolute atomic E-state index is 9.83. The minimum atomic E-state index is 0.160. The van der Waals surface area contributed by atoms with E-state index in [4.69, 9.17) is 0 Å². The highest BCUT2D eigenvalue weighted by molar-refractivity contribution is 9.10. The molecule has 4 heteroatoms. The molecular formula is C17H12BrNO2. The second-order valence-electron chi connectivity index (χ2n) is 4.62. The van der Waals surface area contributed by atoms with Gasteiger partial charge in [-0.05, 0) is 42.5 Å². The van der Waals surface area contributed by atoms with E-state index in [9.17, 15) is 10.2 Å². The molecule has 1 heterocycles. The second-order valence-corrected chi connectivity index (χ2v) is 5.54. The van der Waals surface area contributed by atoms with Crippen LogP contribution in [0.4, 0.5) is 0 Å². The van der Waals surface area contributed by atoms with Crippen molar-refractivity contribution < 1.29 is 10.2 Å². The highest BCUT2D eigenvalue weighted by Crippen LogP contribution is 2.25. The van der Waals surface area contributed by atoms with Crippen molar-refractivity contribution in [3.8, 4) is 11.5 Å². The topological polar surface area (TPSA) is 53.4 Å². The summed E-state index contributed by atoms with van der Waals surface area (Å²) in [4.78, 5) is 4.41. The molecule has 0 fully saturated rings. The maximum Gasteiger partial charge on any atom is 0.141 e. The average Bonchev–Trinajstić information content (AvgIpc) is 2.49. The number of para-hydroxylation sites is 1. The van der Waals surface area contributed by atoms with E-state index in [1.54, 1.807) is 36.4 Å². The number of aromatic hydroxyl groups is 2. The van der Waals surface area contributed by atoms with E-state index in [-0.39, 0.29) is 11.5 Å². The molecule has 2 aromatic carbocycles. The van der Waals surface area contributed by atoms with Crippen LogP contribution in [0.3, 0.4) is 0 Å². The van der Waals surface area contributed by atoms with Crippen LogP contribution >= 0.6 is 15.9 Å². The Morgan fingerprint density at radius 2 is 1.76 bits per heavy atom. The third-order valence-corrected chi connectivity index (χ3v) is 3.64. The standard InChI is InChI=1S/C17H12BrNO2/c18-13-6-9-15(20)12(10-13)5-8-14-7-4-11-2-1-3-16(21)17(11)19-14/h1-10,20-21H. The number of aromatic nitrogens is 1. The van der Waals surface area contributed by atoms with Gasteiger partial charge in [-0.1, -0.05) is 34.1 Å². The molecule has 0 saturated heterocycles. The van der Waals surface area contributed by atoms with Crippen LogP contribution in [0.5, 0.6) is 11.5 Å². The lowest BCUT2D eigenvalue weighted by Gasteiger charge is -2.02. The predicted octanol–water partition coefficient (Wildman–Crippen LogP) is 4.58. The van der Waals surface area contributed by atoms with Crippen molar-refractivity contribution in [3.63, 3.8) is 0 Å². The second kappa shape index (κ2) is 5.58. The molecule has 104 valence electrons. The molecule has 0 atom stereocenters. The number of phenols is 2. The summed E-state index contributed by atoms with van der Waals surface area (Å²) in [5.74, 6) is 0.367. The molecule has 0 aliphatic carbocycles. The Labute approximate surface area is 130 Å². The number of nitrogens with zero attached hydrogens (tertiary/aromatic N) is 1. The summed E-state index contributed by atoms with van der Waals surface area (Å²) in [5.41, 5.74) is 1.98. The molecule has 0 aliphatic rings. The van der Waals surface area contributed by atoms with Gasteiger partial charge in [0.15, 0.2) is 0 Å². The molecule has 0 spiro atoms. The average molecular weight is 342 g/mol. The minimum absolute atomic E-state index is 0.160. The van der Waals surface area contributed by atoms with Gasteiger partial charge in [-0.3, -0.25) is 0 Å². The van der Waals surface area contributed by atoms with Crippen LogP contribution in [0.15, 0.2) is 53.0 Å². The Morgan fingerprint density at radius 3 is 2.62 bits per heavy atom. The maximum atomic E-state index is 9.83. The van der Waals surface area contributed by atoms with E-state index in [0.29, 0.717) is 16.8 Å². The summed E-state index contributed by atoms with van der Waals surface area (Å²) in [6.07, 6.45) is 3.58. The fourth-order valence-corrected chi connectivity index (χ4v) is 2.45. The quantitative estimate of drug-likeness (QED) is 0.717. The summed E-state index contributed by atoms with van der Waals surface area (Å²) < 4.78 is 0.893. The molecule has 0 radical (unpaired) electrons. The Balaban J connectivity index is 1.99. The number of phenolic OH excluding ortho intramolecular Hbond substituents is 2. The Bertz CT molecular complexity index is 843. The lowest BCUT2D eigenvalue weighted by molar-refractivity contribution is 0.474. The first-order valence-electron chi connectivity index (χ1n) is 6.39. The molecule has 1 aromatic heterocycles. The van der Waals surface area contributed by atoms with Gasteiger partial charge in [0.2, 0.25) is 0 Å². The van der Waals surface area contributed by atoms with Crippen LogP contribution in [0.2, 0.25) is 0 Å². The van der Waals surface area contributed by atoms with Gasteiger partial charge in [0, 0.05) is 15.4 Å². The van der Waals surface area contributed by atoms with Gasteiger partial charge in [0.25, 0.3) is 0 Å². The van der Waals surface area contributed by atoms with Crippen molar-refractivity contribution >= 4 is 39.0 Å². The van der Waals surface area contributed by atoms with E-state index in [1.807, 2.05) is 24.3 Å². The van der Waals surface area contributed by atoms with Crippen molar-refractivity contribution in [2.24, 2.45) is 0 Å². The fraction of sp³-hybridized carbons (Fsp3) is 0. The molecule has 0 unspecified atom stereocenters. The number of halogens is 1. The fourth-order valence-electron chi connectivity index (χ4n) is 2.07. The number of hydrogen-bond acceptors (Lipinski definition) is 3. The molecule has 0 aliphatic heterocycles. The van der Waals surface area contributed by atoms with E-state index >= 15 is 0 Å². The molecule has 2 N–H and O–H groups in total. The molecule has 3 aromatic rings. The third-order valence-electron chi connectivity index (χ3n) is 3.14. The van der Waals surface area contributed by atoms with Crippen molar-refractivity contribution in [3.05, 3.63) is 64.3 Å². The van der Waals surface area contributed by atoms with Crippen LogP contribution in [0.1, 0.15) is 11.3 Å². The van der Waals surface area contributed by atoms with Gasteiger partial charge in [-0.25, -0.2) is 4.98 Å². The zero-order valence-corrected chi connectivity index (χ0v) is 12.6. The summed E-state index contributed by atoms with van der Waals surface area (Å²) >= 11 is 3.37. The van der Waals surface area contributed by atoms with Crippen LogP contribution in [0.25, 0.3) is 23.1 Å². The Hall–Kier alpha value is -2.33. The first-order valence-corrected chi connectivity index (χ1v) is 7.18. The summed E-state index contributed by atoms with van der Waals surface area (Å²) in [5, 5.41) is 20.5. The van der Waals surface area contributed by atoms with Gasteiger partial charge < -0.3 is 10.2 Å². The third kappa shape index (κ3) is 2.90. The number of rotatable bonds is 2. The molecule has 3 rings (SSSR count).